The minimum absolute atomic E-state index is 0.449. The van der Waals surface area contributed by atoms with Gasteiger partial charge in [-0.1, -0.05) is 59.7 Å². The fourth-order valence-electron chi connectivity index (χ4n) is 3.67. The molecule has 3 heteroatoms. The third kappa shape index (κ3) is 3.93. The van der Waals surface area contributed by atoms with Crippen LogP contribution in [0.25, 0.3) is 0 Å². The van der Waals surface area contributed by atoms with Gasteiger partial charge in [-0.15, -0.1) is 0 Å². The highest BCUT2D eigenvalue weighted by Gasteiger charge is 2.23. The summed E-state index contributed by atoms with van der Waals surface area (Å²) >= 11 is 0. The Balaban J connectivity index is 1.67. The standard InChI is InChI=1S/C24H26O2S/c25-27(26,23-13-3-1-11-21(23)17-15-19-7-5-8-19)24-14-4-2-12-22(24)18-16-20-9-6-10-20/h1-4,11-16H,5-10,17-18H2. The van der Waals surface area contributed by atoms with E-state index in [4.69, 9.17) is 0 Å². The van der Waals surface area contributed by atoms with Gasteiger partial charge in [0.1, 0.15) is 0 Å². The van der Waals surface area contributed by atoms with Gasteiger partial charge >= 0.3 is 0 Å². The van der Waals surface area contributed by atoms with Crippen LogP contribution in [0, 0.1) is 0 Å². The summed E-state index contributed by atoms with van der Waals surface area (Å²) in [6.45, 7) is 0. The molecule has 0 unspecified atom stereocenters. The first-order valence-corrected chi connectivity index (χ1v) is 11.4. The van der Waals surface area contributed by atoms with E-state index in [0.29, 0.717) is 22.6 Å². The number of benzene rings is 2. The van der Waals surface area contributed by atoms with Gasteiger partial charge in [0.15, 0.2) is 0 Å². The normalized spacial score (nSPS) is 16.4. The van der Waals surface area contributed by atoms with Crippen molar-refractivity contribution >= 4 is 9.84 Å². The molecule has 0 atom stereocenters. The van der Waals surface area contributed by atoms with Crippen molar-refractivity contribution in [2.45, 2.75) is 61.2 Å². The van der Waals surface area contributed by atoms with Crippen LogP contribution in [0.15, 0.2) is 81.6 Å². The summed E-state index contributed by atoms with van der Waals surface area (Å²) in [6.07, 6.45) is 13.0. The smallest absolute Gasteiger partial charge is 0.207 e. The molecule has 4 rings (SSSR count). The highest BCUT2D eigenvalue weighted by Crippen LogP contribution is 2.31. The molecule has 2 fully saturated rings. The molecule has 2 nitrogen and oxygen atoms in total. The summed E-state index contributed by atoms with van der Waals surface area (Å²) in [5, 5.41) is 0. The van der Waals surface area contributed by atoms with Crippen LogP contribution in [0.5, 0.6) is 0 Å². The zero-order valence-corrected chi connectivity index (χ0v) is 16.5. The van der Waals surface area contributed by atoms with Gasteiger partial charge in [0, 0.05) is 0 Å². The third-order valence-corrected chi connectivity index (χ3v) is 7.69. The second kappa shape index (κ2) is 7.85. The predicted molar refractivity (Wildman–Crippen MR) is 110 cm³/mol. The van der Waals surface area contributed by atoms with Crippen molar-refractivity contribution in [2.24, 2.45) is 0 Å². The molecule has 2 aromatic carbocycles. The Morgan fingerprint density at radius 2 is 1.07 bits per heavy atom. The van der Waals surface area contributed by atoms with Crippen molar-refractivity contribution in [3.8, 4) is 0 Å². The van der Waals surface area contributed by atoms with Crippen LogP contribution in [0.4, 0.5) is 0 Å². The fourth-order valence-corrected chi connectivity index (χ4v) is 5.41. The maximum Gasteiger partial charge on any atom is 0.207 e. The first-order chi connectivity index (χ1) is 13.1. The highest BCUT2D eigenvalue weighted by molar-refractivity contribution is 7.91. The lowest BCUT2D eigenvalue weighted by Gasteiger charge is -2.18. The van der Waals surface area contributed by atoms with E-state index < -0.39 is 9.84 Å². The average molecular weight is 379 g/mol. The van der Waals surface area contributed by atoms with E-state index >= 15 is 0 Å². The maximum atomic E-state index is 13.5. The fraction of sp³-hybridized carbons (Fsp3) is 0.333. The van der Waals surface area contributed by atoms with Crippen LogP contribution in [-0.4, -0.2) is 8.42 Å². The van der Waals surface area contributed by atoms with Crippen LogP contribution in [-0.2, 0) is 22.7 Å². The predicted octanol–water partition coefficient (Wildman–Crippen LogP) is 5.83. The SMILES string of the molecule is O=S(=O)(c1ccccc1CC=C1CCC1)c1ccccc1CC=C1CCC1. The second-order valence-electron chi connectivity index (χ2n) is 7.56. The Bertz CT molecular complexity index is 909. The van der Waals surface area contributed by atoms with Crippen molar-refractivity contribution < 1.29 is 8.42 Å². The molecule has 0 N–H and O–H groups in total. The van der Waals surface area contributed by atoms with Crippen LogP contribution >= 0.6 is 0 Å². The quantitative estimate of drug-likeness (QED) is 0.593. The van der Waals surface area contributed by atoms with Crippen LogP contribution in [0.3, 0.4) is 0 Å². The summed E-state index contributed by atoms with van der Waals surface area (Å²) in [5.41, 5.74) is 4.69. The summed E-state index contributed by atoms with van der Waals surface area (Å²) < 4.78 is 27.0. The Hall–Kier alpha value is -2.13. The molecule has 0 aliphatic heterocycles. The first-order valence-electron chi connectivity index (χ1n) is 9.91. The lowest BCUT2D eigenvalue weighted by molar-refractivity contribution is 0.594. The average Bonchev–Trinajstić information content (AvgIpc) is 2.60. The van der Waals surface area contributed by atoms with Gasteiger partial charge in [-0.25, -0.2) is 8.42 Å². The van der Waals surface area contributed by atoms with Gasteiger partial charge in [0.25, 0.3) is 0 Å². The number of hydrogen-bond acceptors (Lipinski definition) is 2. The van der Waals surface area contributed by atoms with Gasteiger partial charge in [-0.2, -0.15) is 0 Å². The van der Waals surface area contributed by atoms with E-state index in [2.05, 4.69) is 12.2 Å². The van der Waals surface area contributed by atoms with Gasteiger partial charge in [0.05, 0.1) is 9.79 Å². The van der Waals surface area contributed by atoms with E-state index in [9.17, 15) is 8.42 Å². The monoisotopic (exact) mass is 378 g/mol. The van der Waals surface area contributed by atoms with E-state index in [-0.39, 0.29) is 0 Å². The molecular weight excluding hydrogens is 352 g/mol. The Morgan fingerprint density at radius 1 is 0.667 bits per heavy atom. The van der Waals surface area contributed by atoms with Crippen LogP contribution in [0.1, 0.15) is 49.7 Å². The zero-order chi connectivity index (χ0) is 18.7. The molecule has 27 heavy (non-hydrogen) atoms. The molecule has 2 aromatic rings. The molecule has 0 amide bonds. The summed E-state index contributed by atoms with van der Waals surface area (Å²) in [7, 11) is -3.53. The molecule has 2 saturated carbocycles. The molecule has 0 bridgehead atoms. The van der Waals surface area contributed by atoms with Gasteiger partial charge in [0.2, 0.25) is 9.84 Å². The first kappa shape index (κ1) is 18.2. The van der Waals surface area contributed by atoms with Crippen molar-refractivity contribution in [3.05, 3.63) is 83.0 Å². The molecule has 0 aromatic heterocycles. The van der Waals surface area contributed by atoms with E-state index in [1.165, 1.54) is 24.0 Å². The Labute approximate surface area is 162 Å². The van der Waals surface area contributed by atoms with E-state index in [0.717, 1.165) is 36.8 Å². The van der Waals surface area contributed by atoms with Crippen molar-refractivity contribution in [1.82, 2.24) is 0 Å². The number of hydrogen-bond donors (Lipinski definition) is 0. The number of sulfone groups is 1. The van der Waals surface area contributed by atoms with E-state index in [1.54, 1.807) is 12.1 Å². The molecule has 2 aliphatic carbocycles. The molecule has 140 valence electrons. The molecule has 0 saturated heterocycles. The minimum Gasteiger partial charge on any atom is -0.218 e. The Kier molecular flexibility index (Phi) is 5.31. The molecule has 0 heterocycles. The molecular formula is C24H26O2S. The number of allylic oxidation sites excluding steroid dienone is 4. The van der Waals surface area contributed by atoms with Crippen molar-refractivity contribution in [1.29, 1.82) is 0 Å². The van der Waals surface area contributed by atoms with Crippen molar-refractivity contribution in [2.75, 3.05) is 0 Å². The molecule has 0 spiro atoms. The largest absolute Gasteiger partial charge is 0.218 e. The molecule has 0 radical (unpaired) electrons. The van der Waals surface area contributed by atoms with Crippen LogP contribution in [0.2, 0.25) is 0 Å². The zero-order valence-electron chi connectivity index (χ0n) is 15.7. The summed E-state index contributed by atoms with van der Waals surface area (Å²) in [6, 6.07) is 14.9. The lowest BCUT2D eigenvalue weighted by atomic mass is 9.91. The topological polar surface area (TPSA) is 34.1 Å². The van der Waals surface area contributed by atoms with E-state index in [1.807, 2.05) is 36.4 Å². The highest BCUT2D eigenvalue weighted by atomic mass is 32.2. The third-order valence-electron chi connectivity index (χ3n) is 5.74. The van der Waals surface area contributed by atoms with Gasteiger partial charge in [-0.05, 0) is 74.6 Å². The minimum atomic E-state index is -3.53. The van der Waals surface area contributed by atoms with Gasteiger partial charge < -0.3 is 0 Å². The maximum absolute atomic E-state index is 13.5. The van der Waals surface area contributed by atoms with Crippen LogP contribution < -0.4 is 0 Å². The lowest BCUT2D eigenvalue weighted by Crippen LogP contribution is -2.09. The second-order valence-corrected chi connectivity index (χ2v) is 9.45. The summed E-state index contributed by atoms with van der Waals surface area (Å²) in [5.74, 6) is 0. The number of rotatable bonds is 6. The van der Waals surface area contributed by atoms with Crippen molar-refractivity contribution in [3.63, 3.8) is 0 Å². The van der Waals surface area contributed by atoms with Gasteiger partial charge in [-0.3, -0.25) is 0 Å². The molecule has 2 aliphatic rings. The Morgan fingerprint density at radius 3 is 1.44 bits per heavy atom. The summed E-state index contributed by atoms with van der Waals surface area (Å²) in [4.78, 5) is 0.898.